The zero-order chi connectivity index (χ0) is 17.1. The highest BCUT2D eigenvalue weighted by Gasteiger charge is 2.31. The molecule has 2 aromatic rings. The van der Waals surface area contributed by atoms with Gasteiger partial charge in [-0.25, -0.2) is 0 Å². The van der Waals surface area contributed by atoms with E-state index in [0.29, 0.717) is 0 Å². The average Bonchev–Trinajstić information content (AvgIpc) is 2.54. The molecule has 0 heterocycles. The fourth-order valence-electron chi connectivity index (χ4n) is 2.10. The molecule has 5 heteroatoms. The summed E-state index contributed by atoms with van der Waals surface area (Å²) in [6, 6.07) is 15.5. The Morgan fingerprint density at radius 1 is 1.00 bits per heavy atom. The first kappa shape index (κ1) is 17.4. The first-order valence-electron chi connectivity index (χ1n) is 7.28. The minimum atomic E-state index is -3.94. The van der Waals surface area contributed by atoms with Crippen LogP contribution in [0.25, 0.3) is 0 Å². The number of benzene rings is 2. The summed E-state index contributed by atoms with van der Waals surface area (Å²) in [6.45, 7) is 4.89. The second-order valence-corrected chi connectivity index (χ2v) is 7.56. The molecule has 0 bridgehead atoms. The van der Waals surface area contributed by atoms with Gasteiger partial charge >= 0.3 is 0 Å². The van der Waals surface area contributed by atoms with Crippen LogP contribution in [0.4, 0.5) is 0 Å². The molecule has 2 aromatic carbocycles. The number of carbonyl (C=O) groups is 1. The average molecular weight is 332 g/mol. The Morgan fingerprint density at radius 2 is 1.57 bits per heavy atom. The Balaban J connectivity index is 2.10. The van der Waals surface area contributed by atoms with E-state index >= 15 is 0 Å². The van der Waals surface area contributed by atoms with Crippen LogP contribution < -0.4 is 0 Å². The monoisotopic (exact) mass is 332 g/mol. The van der Waals surface area contributed by atoms with Crippen molar-refractivity contribution in [3.63, 3.8) is 0 Å². The number of ketones is 1. The second kappa shape index (κ2) is 6.64. The SMILES string of the molecule is Cc1ccc(S(=O)(=O)OCC(=O)C(C)(C)c2ccccc2)cc1. The molecule has 0 amide bonds. The molecule has 122 valence electrons. The highest BCUT2D eigenvalue weighted by Crippen LogP contribution is 2.24. The summed E-state index contributed by atoms with van der Waals surface area (Å²) in [5.41, 5.74) is 0.955. The highest BCUT2D eigenvalue weighted by atomic mass is 32.2. The van der Waals surface area contributed by atoms with Crippen molar-refractivity contribution in [1.29, 1.82) is 0 Å². The third-order valence-corrected chi connectivity index (χ3v) is 5.13. The van der Waals surface area contributed by atoms with Crippen LogP contribution >= 0.6 is 0 Å². The van der Waals surface area contributed by atoms with Crippen molar-refractivity contribution in [2.75, 3.05) is 6.61 Å². The molecular weight excluding hydrogens is 312 g/mol. The van der Waals surface area contributed by atoms with E-state index in [2.05, 4.69) is 0 Å². The van der Waals surface area contributed by atoms with E-state index in [1.165, 1.54) is 12.1 Å². The Bertz CT molecular complexity index is 776. The molecule has 0 atom stereocenters. The van der Waals surface area contributed by atoms with Gasteiger partial charge in [-0.2, -0.15) is 8.42 Å². The van der Waals surface area contributed by atoms with Gasteiger partial charge in [-0.1, -0.05) is 48.0 Å². The van der Waals surface area contributed by atoms with Crippen molar-refractivity contribution >= 4 is 15.9 Å². The summed E-state index contributed by atoms with van der Waals surface area (Å²) in [5.74, 6) is -0.292. The maximum atomic E-state index is 12.4. The van der Waals surface area contributed by atoms with Gasteiger partial charge in [0.2, 0.25) is 0 Å². The van der Waals surface area contributed by atoms with E-state index < -0.39 is 22.1 Å². The summed E-state index contributed by atoms with van der Waals surface area (Å²) in [7, 11) is -3.94. The van der Waals surface area contributed by atoms with Gasteiger partial charge in [0.15, 0.2) is 5.78 Å². The molecule has 2 rings (SSSR count). The molecule has 0 unspecified atom stereocenters. The third kappa shape index (κ3) is 4.06. The van der Waals surface area contributed by atoms with Crippen LogP contribution in [0.1, 0.15) is 25.0 Å². The molecule has 0 spiro atoms. The number of hydrogen-bond donors (Lipinski definition) is 0. The number of Topliss-reactive ketones (excluding diaryl/α,β-unsaturated/α-hetero) is 1. The minimum absolute atomic E-state index is 0.0495. The van der Waals surface area contributed by atoms with Crippen molar-refractivity contribution < 1.29 is 17.4 Å². The van der Waals surface area contributed by atoms with Gasteiger partial charge in [-0.15, -0.1) is 0 Å². The third-order valence-electron chi connectivity index (χ3n) is 3.85. The van der Waals surface area contributed by atoms with E-state index in [1.54, 1.807) is 26.0 Å². The Labute approximate surface area is 137 Å². The summed E-state index contributed by atoms with van der Waals surface area (Å²) in [6.07, 6.45) is 0. The van der Waals surface area contributed by atoms with Crippen LogP contribution in [-0.4, -0.2) is 20.8 Å². The molecule has 0 aliphatic carbocycles. The molecule has 4 nitrogen and oxygen atoms in total. The zero-order valence-electron chi connectivity index (χ0n) is 13.4. The molecule has 0 saturated heterocycles. The van der Waals surface area contributed by atoms with Crippen molar-refractivity contribution in [1.82, 2.24) is 0 Å². The maximum absolute atomic E-state index is 12.4. The lowest BCUT2D eigenvalue weighted by Gasteiger charge is -2.23. The Hall–Kier alpha value is -1.98. The minimum Gasteiger partial charge on any atom is -0.296 e. The van der Waals surface area contributed by atoms with Gasteiger partial charge < -0.3 is 0 Å². The van der Waals surface area contributed by atoms with Gasteiger partial charge in [0, 0.05) is 0 Å². The van der Waals surface area contributed by atoms with Gasteiger partial charge in [-0.3, -0.25) is 8.98 Å². The molecule has 0 aliphatic heterocycles. The van der Waals surface area contributed by atoms with Gasteiger partial charge in [-0.05, 0) is 38.5 Å². The van der Waals surface area contributed by atoms with Crippen LogP contribution in [-0.2, 0) is 24.5 Å². The molecule has 0 N–H and O–H groups in total. The number of rotatable bonds is 6. The van der Waals surface area contributed by atoms with E-state index in [1.807, 2.05) is 37.3 Å². The molecule has 0 saturated carbocycles. The topological polar surface area (TPSA) is 60.4 Å². The molecule has 0 radical (unpaired) electrons. The predicted octanol–water partition coefficient (Wildman–Crippen LogP) is 3.25. The first-order valence-corrected chi connectivity index (χ1v) is 8.69. The maximum Gasteiger partial charge on any atom is 0.297 e. The lowest BCUT2D eigenvalue weighted by atomic mass is 9.81. The summed E-state index contributed by atoms with van der Waals surface area (Å²) in [5, 5.41) is 0. The fraction of sp³-hybridized carbons (Fsp3) is 0.278. The molecule has 0 aromatic heterocycles. The van der Waals surface area contributed by atoms with Crippen molar-refractivity contribution in [3.05, 3.63) is 65.7 Å². The summed E-state index contributed by atoms with van der Waals surface area (Å²) >= 11 is 0. The molecule has 0 fully saturated rings. The van der Waals surface area contributed by atoms with Crippen LogP contribution in [0, 0.1) is 6.92 Å². The van der Waals surface area contributed by atoms with Crippen LogP contribution in [0.15, 0.2) is 59.5 Å². The fourth-order valence-corrected chi connectivity index (χ4v) is 2.97. The Morgan fingerprint density at radius 3 is 2.13 bits per heavy atom. The quantitative estimate of drug-likeness (QED) is 0.762. The van der Waals surface area contributed by atoms with E-state index in [0.717, 1.165) is 11.1 Å². The lowest BCUT2D eigenvalue weighted by Crippen LogP contribution is -2.33. The summed E-state index contributed by atoms with van der Waals surface area (Å²) < 4.78 is 29.2. The van der Waals surface area contributed by atoms with Gasteiger partial charge in [0.05, 0.1) is 10.3 Å². The largest absolute Gasteiger partial charge is 0.297 e. The number of carbonyl (C=O) groups excluding carboxylic acids is 1. The first-order chi connectivity index (χ1) is 10.7. The molecular formula is C18H20O4S. The van der Waals surface area contributed by atoms with Crippen molar-refractivity contribution in [2.24, 2.45) is 0 Å². The zero-order valence-corrected chi connectivity index (χ0v) is 14.3. The summed E-state index contributed by atoms with van der Waals surface area (Å²) in [4.78, 5) is 12.5. The van der Waals surface area contributed by atoms with E-state index in [-0.39, 0.29) is 10.7 Å². The second-order valence-electron chi connectivity index (χ2n) is 5.94. The van der Waals surface area contributed by atoms with Crippen LogP contribution in [0.2, 0.25) is 0 Å². The van der Waals surface area contributed by atoms with Crippen molar-refractivity contribution in [3.8, 4) is 0 Å². The lowest BCUT2D eigenvalue weighted by molar-refractivity contribution is -0.125. The standard InChI is InChI=1S/C18H20O4S/c1-14-9-11-16(12-10-14)23(20,21)22-13-17(19)18(2,3)15-7-5-4-6-8-15/h4-12H,13H2,1-3H3. The highest BCUT2D eigenvalue weighted by molar-refractivity contribution is 7.86. The van der Waals surface area contributed by atoms with E-state index in [4.69, 9.17) is 4.18 Å². The molecule has 23 heavy (non-hydrogen) atoms. The normalized spacial score (nSPS) is 12.1. The number of hydrogen-bond acceptors (Lipinski definition) is 4. The van der Waals surface area contributed by atoms with E-state index in [9.17, 15) is 13.2 Å². The van der Waals surface area contributed by atoms with Gasteiger partial charge in [0.25, 0.3) is 10.1 Å². The molecule has 0 aliphatic rings. The van der Waals surface area contributed by atoms with Crippen LogP contribution in [0.5, 0.6) is 0 Å². The van der Waals surface area contributed by atoms with Gasteiger partial charge in [0.1, 0.15) is 6.61 Å². The predicted molar refractivity (Wildman–Crippen MR) is 88.8 cm³/mol. The smallest absolute Gasteiger partial charge is 0.296 e. The Kier molecular flexibility index (Phi) is 5.02. The van der Waals surface area contributed by atoms with Crippen molar-refractivity contribution in [2.45, 2.75) is 31.1 Å². The van der Waals surface area contributed by atoms with Crippen LogP contribution in [0.3, 0.4) is 0 Å². The number of aryl methyl sites for hydroxylation is 1.